The molecule has 3 atom stereocenters. The first-order valence-electron chi connectivity index (χ1n) is 5.42. The Hall–Kier alpha value is -0.730. The largest absolute Gasteiger partial charge is 0.352 e. The van der Waals surface area contributed by atoms with Crippen LogP contribution in [0.15, 0.2) is 0 Å². The van der Waals surface area contributed by atoms with E-state index < -0.39 is 0 Å². The number of carbonyl (C=O) groups excluding carboxylic acids is 1. The van der Waals surface area contributed by atoms with E-state index in [4.69, 9.17) is 5.73 Å². The lowest BCUT2D eigenvalue weighted by Gasteiger charge is -2.42. The van der Waals surface area contributed by atoms with Gasteiger partial charge in [0.2, 0.25) is 0 Å². The van der Waals surface area contributed by atoms with E-state index in [9.17, 15) is 4.79 Å². The molecular weight excluding hydrogens is 176 g/mol. The minimum Gasteiger partial charge on any atom is -0.352 e. The van der Waals surface area contributed by atoms with Gasteiger partial charge in [0.05, 0.1) is 0 Å². The van der Waals surface area contributed by atoms with Gasteiger partial charge in [-0.15, -0.1) is 0 Å². The van der Waals surface area contributed by atoms with Crippen molar-refractivity contribution in [3.05, 3.63) is 0 Å². The molecule has 80 valence electrons. The Bertz CT molecular complexity index is 270. The molecule has 3 nitrogen and oxygen atoms in total. The quantitative estimate of drug-likeness (QED) is 0.661. The maximum Gasteiger partial charge on any atom is 0.312 e. The van der Waals surface area contributed by atoms with Crippen LogP contribution in [0, 0.1) is 16.7 Å². The summed E-state index contributed by atoms with van der Waals surface area (Å²) in [6.45, 7) is 6.79. The summed E-state index contributed by atoms with van der Waals surface area (Å²) in [5.41, 5.74) is 5.73. The molecule has 2 rings (SSSR count). The molecule has 0 aromatic heterocycles. The van der Waals surface area contributed by atoms with Crippen LogP contribution in [0.3, 0.4) is 0 Å². The Balaban J connectivity index is 2.25. The molecule has 0 aromatic carbocycles. The van der Waals surface area contributed by atoms with E-state index >= 15 is 0 Å². The smallest absolute Gasteiger partial charge is 0.312 e. The van der Waals surface area contributed by atoms with Gasteiger partial charge in [-0.25, -0.2) is 4.79 Å². The van der Waals surface area contributed by atoms with Crippen LogP contribution >= 0.6 is 0 Å². The standard InChI is InChI=1S/C11H20N2O/c1-10(2)7-4-5-11(3,6-7)8(10)13-9(12)14/h7-8H,4-6H2,1-3H3,(H3,12,13,14). The van der Waals surface area contributed by atoms with Gasteiger partial charge in [-0.2, -0.15) is 0 Å². The van der Waals surface area contributed by atoms with Gasteiger partial charge in [0.25, 0.3) is 0 Å². The molecule has 0 aliphatic heterocycles. The van der Waals surface area contributed by atoms with Gasteiger partial charge in [0, 0.05) is 6.04 Å². The number of hydrogen-bond donors (Lipinski definition) is 2. The second-order valence-electron chi connectivity index (χ2n) is 5.86. The zero-order valence-corrected chi connectivity index (χ0v) is 9.26. The van der Waals surface area contributed by atoms with E-state index in [2.05, 4.69) is 26.1 Å². The average molecular weight is 196 g/mol. The van der Waals surface area contributed by atoms with Crippen molar-refractivity contribution in [2.24, 2.45) is 22.5 Å². The van der Waals surface area contributed by atoms with E-state index in [0.29, 0.717) is 0 Å². The molecule has 2 fully saturated rings. The lowest BCUT2D eigenvalue weighted by molar-refractivity contribution is 0.115. The van der Waals surface area contributed by atoms with Gasteiger partial charge in [-0.1, -0.05) is 20.8 Å². The van der Waals surface area contributed by atoms with Gasteiger partial charge < -0.3 is 11.1 Å². The summed E-state index contributed by atoms with van der Waals surface area (Å²) in [6, 6.07) is -0.122. The molecule has 2 bridgehead atoms. The molecular formula is C11H20N2O. The first-order valence-corrected chi connectivity index (χ1v) is 5.42. The molecule has 0 aromatic rings. The zero-order chi connectivity index (χ0) is 10.6. The van der Waals surface area contributed by atoms with Crippen molar-refractivity contribution in [2.75, 3.05) is 0 Å². The van der Waals surface area contributed by atoms with Crippen molar-refractivity contribution in [1.29, 1.82) is 0 Å². The summed E-state index contributed by atoms with van der Waals surface area (Å²) in [6.07, 6.45) is 3.78. The molecule has 0 saturated heterocycles. The number of fused-ring (bicyclic) bond motifs is 2. The number of primary amides is 1. The molecule has 3 heteroatoms. The van der Waals surface area contributed by atoms with E-state index in [1.54, 1.807) is 0 Å². The number of urea groups is 1. The van der Waals surface area contributed by atoms with Crippen LogP contribution in [0.5, 0.6) is 0 Å². The number of hydrogen-bond acceptors (Lipinski definition) is 1. The summed E-state index contributed by atoms with van der Waals surface area (Å²) >= 11 is 0. The van der Waals surface area contributed by atoms with Gasteiger partial charge in [0.15, 0.2) is 0 Å². The molecule has 0 spiro atoms. The Morgan fingerprint density at radius 2 is 2.07 bits per heavy atom. The minimum absolute atomic E-state index is 0.210. The number of nitrogens with two attached hydrogens (primary N) is 1. The Kier molecular flexibility index (Phi) is 1.85. The third-order valence-electron chi connectivity index (χ3n) is 4.56. The molecule has 2 aliphatic rings. The third kappa shape index (κ3) is 1.14. The summed E-state index contributed by atoms with van der Waals surface area (Å²) in [7, 11) is 0. The fourth-order valence-electron chi connectivity index (χ4n) is 3.80. The highest BCUT2D eigenvalue weighted by Gasteiger charge is 2.59. The Morgan fingerprint density at radius 3 is 2.50 bits per heavy atom. The highest BCUT2D eigenvalue weighted by Crippen LogP contribution is 2.62. The summed E-state index contributed by atoms with van der Waals surface area (Å²) < 4.78 is 0. The van der Waals surface area contributed by atoms with Crippen LogP contribution in [-0.2, 0) is 0 Å². The monoisotopic (exact) mass is 196 g/mol. The van der Waals surface area contributed by atoms with E-state index in [-0.39, 0.29) is 22.9 Å². The molecule has 0 heterocycles. The predicted molar refractivity (Wildman–Crippen MR) is 55.7 cm³/mol. The molecule has 0 radical (unpaired) electrons. The average Bonchev–Trinajstić information content (AvgIpc) is 2.49. The summed E-state index contributed by atoms with van der Waals surface area (Å²) in [5, 5.41) is 2.94. The van der Waals surface area contributed by atoms with Crippen molar-refractivity contribution in [3.8, 4) is 0 Å². The predicted octanol–water partition coefficient (Wildman–Crippen LogP) is 1.87. The number of rotatable bonds is 1. The van der Waals surface area contributed by atoms with Crippen LogP contribution in [0.25, 0.3) is 0 Å². The van der Waals surface area contributed by atoms with Crippen LogP contribution in [0.2, 0.25) is 0 Å². The maximum atomic E-state index is 11.0. The molecule has 3 unspecified atom stereocenters. The second kappa shape index (κ2) is 2.65. The molecule has 2 aliphatic carbocycles. The van der Waals surface area contributed by atoms with Crippen LogP contribution in [0.1, 0.15) is 40.0 Å². The summed E-state index contributed by atoms with van der Waals surface area (Å²) in [5.74, 6) is 0.754. The van der Waals surface area contributed by atoms with Gasteiger partial charge in [0.1, 0.15) is 0 Å². The van der Waals surface area contributed by atoms with E-state index in [1.807, 2.05) is 0 Å². The number of carbonyl (C=O) groups is 1. The Morgan fingerprint density at radius 1 is 1.43 bits per heavy atom. The lowest BCUT2D eigenvalue weighted by Crippen LogP contribution is -2.53. The molecule has 2 saturated carbocycles. The minimum atomic E-state index is -0.378. The molecule has 14 heavy (non-hydrogen) atoms. The van der Waals surface area contributed by atoms with Crippen molar-refractivity contribution in [3.63, 3.8) is 0 Å². The van der Waals surface area contributed by atoms with Crippen LogP contribution in [-0.4, -0.2) is 12.1 Å². The normalized spacial score (nSPS) is 43.9. The summed E-state index contributed by atoms with van der Waals surface area (Å²) in [4.78, 5) is 11.0. The SMILES string of the molecule is CC12CCC(C1)C(C)(C)C2NC(N)=O. The van der Waals surface area contributed by atoms with Crippen molar-refractivity contribution in [1.82, 2.24) is 5.32 Å². The molecule has 3 N–H and O–H groups in total. The fourth-order valence-corrected chi connectivity index (χ4v) is 3.80. The lowest BCUT2D eigenvalue weighted by atomic mass is 9.68. The van der Waals surface area contributed by atoms with Gasteiger partial charge in [-0.05, 0) is 36.0 Å². The Labute approximate surface area is 85.4 Å². The highest BCUT2D eigenvalue weighted by atomic mass is 16.2. The van der Waals surface area contributed by atoms with Crippen LogP contribution < -0.4 is 11.1 Å². The van der Waals surface area contributed by atoms with Crippen LogP contribution in [0.4, 0.5) is 4.79 Å². The van der Waals surface area contributed by atoms with Gasteiger partial charge in [-0.3, -0.25) is 0 Å². The number of nitrogens with one attached hydrogen (secondary N) is 1. The number of amides is 2. The highest BCUT2D eigenvalue weighted by molar-refractivity contribution is 5.72. The molecule has 2 amide bonds. The van der Waals surface area contributed by atoms with Crippen molar-refractivity contribution in [2.45, 2.75) is 46.1 Å². The topological polar surface area (TPSA) is 55.1 Å². The van der Waals surface area contributed by atoms with Crippen molar-refractivity contribution < 1.29 is 4.79 Å². The van der Waals surface area contributed by atoms with Gasteiger partial charge >= 0.3 is 6.03 Å². The second-order valence-corrected chi connectivity index (χ2v) is 5.86. The first kappa shape index (κ1) is 9.81. The zero-order valence-electron chi connectivity index (χ0n) is 9.26. The fraction of sp³-hybridized carbons (Fsp3) is 0.909. The first-order chi connectivity index (χ1) is 6.36. The van der Waals surface area contributed by atoms with Crippen molar-refractivity contribution >= 4 is 6.03 Å². The third-order valence-corrected chi connectivity index (χ3v) is 4.56. The van der Waals surface area contributed by atoms with E-state index in [0.717, 1.165) is 5.92 Å². The maximum absolute atomic E-state index is 11.0. The van der Waals surface area contributed by atoms with E-state index in [1.165, 1.54) is 19.3 Å².